The number of carbonyl (C=O) groups is 2. The van der Waals surface area contributed by atoms with Gasteiger partial charge in [0, 0.05) is 35.9 Å². The molecule has 2 aromatic heterocycles. The maximum atomic E-state index is 12.9. The van der Waals surface area contributed by atoms with Crippen molar-refractivity contribution >= 4 is 23.2 Å². The standard InChI is InChI=1S/C23H23N3O2S/c24-22(28)23(15-17-4-1-5-19(14-17)20-6-2-13-29-20)9-3-12-26(16-23)21(27)18-7-10-25-11-8-18/h1-2,4-8,10-11,13-14H,3,9,12,15-16H2,(H2,24,28)/t23-/m0/s1. The normalized spacial score (nSPS) is 19.1. The Morgan fingerprint density at radius 1 is 1.14 bits per heavy atom. The lowest BCUT2D eigenvalue weighted by atomic mass is 9.74. The second kappa shape index (κ2) is 8.17. The van der Waals surface area contributed by atoms with E-state index in [1.807, 2.05) is 18.2 Å². The zero-order valence-electron chi connectivity index (χ0n) is 16.1. The van der Waals surface area contributed by atoms with Crippen molar-refractivity contribution < 1.29 is 9.59 Å². The summed E-state index contributed by atoms with van der Waals surface area (Å²) in [6.07, 6.45) is 5.18. The molecule has 1 atom stereocenters. The number of hydrogen-bond acceptors (Lipinski definition) is 4. The van der Waals surface area contributed by atoms with E-state index in [0.717, 1.165) is 17.5 Å². The Kier molecular flexibility index (Phi) is 5.45. The van der Waals surface area contributed by atoms with Gasteiger partial charge in [-0.25, -0.2) is 0 Å². The molecule has 1 saturated heterocycles. The van der Waals surface area contributed by atoms with Crippen LogP contribution in [0.1, 0.15) is 28.8 Å². The third kappa shape index (κ3) is 4.07. The van der Waals surface area contributed by atoms with Crippen LogP contribution in [0, 0.1) is 5.41 Å². The topological polar surface area (TPSA) is 76.3 Å². The number of benzene rings is 1. The van der Waals surface area contributed by atoms with E-state index in [-0.39, 0.29) is 11.8 Å². The van der Waals surface area contributed by atoms with Crippen molar-refractivity contribution in [3.05, 3.63) is 77.4 Å². The van der Waals surface area contributed by atoms with Crippen molar-refractivity contribution in [1.82, 2.24) is 9.88 Å². The molecule has 3 aromatic rings. The molecule has 4 rings (SSSR count). The van der Waals surface area contributed by atoms with E-state index in [9.17, 15) is 9.59 Å². The molecule has 0 aliphatic carbocycles. The zero-order chi connectivity index (χ0) is 20.3. The number of thiophene rings is 1. The van der Waals surface area contributed by atoms with Crippen LogP contribution in [-0.2, 0) is 11.2 Å². The molecule has 1 aliphatic heterocycles. The molecule has 6 heteroatoms. The number of amides is 2. The van der Waals surface area contributed by atoms with Crippen molar-refractivity contribution in [2.24, 2.45) is 11.1 Å². The summed E-state index contributed by atoms with van der Waals surface area (Å²) in [5.41, 5.74) is 7.93. The van der Waals surface area contributed by atoms with Crippen molar-refractivity contribution in [2.45, 2.75) is 19.3 Å². The molecule has 2 N–H and O–H groups in total. The van der Waals surface area contributed by atoms with Gasteiger partial charge in [0.1, 0.15) is 0 Å². The van der Waals surface area contributed by atoms with Crippen molar-refractivity contribution in [3.8, 4) is 10.4 Å². The van der Waals surface area contributed by atoms with Crippen LogP contribution in [0.15, 0.2) is 66.3 Å². The van der Waals surface area contributed by atoms with Gasteiger partial charge in [-0.15, -0.1) is 11.3 Å². The third-order valence-corrected chi connectivity index (χ3v) is 6.51. The molecule has 0 unspecified atom stereocenters. The Morgan fingerprint density at radius 2 is 1.97 bits per heavy atom. The van der Waals surface area contributed by atoms with Crippen LogP contribution < -0.4 is 5.73 Å². The molecule has 1 fully saturated rings. The second-order valence-electron chi connectivity index (χ2n) is 7.57. The average Bonchev–Trinajstić information content (AvgIpc) is 3.29. The monoisotopic (exact) mass is 405 g/mol. The molecule has 0 radical (unpaired) electrons. The molecular formula is C23H23N3O2S. The van der Waals surface area contributed by atoms with Crippen molar-refractivity contribution in [3.63, 3.8) is 0 Å². The molecule has 1 aliphatic rings. The maximum Gasteiger partial charge on any atom is 0.253 e. The average molecular weight is 406 g/mol. The fourth-order valence-electron chi connectivity index (χ4n) is 4.08. The van der Waals surface area contributed by atoms with E-state index < -0.39 is 5.41 Å². The molecule has 5 nitrogen and oxygen atoms in total. The third-order valence-electron chi connectivity index (χ3n) is 5.59. The van der Waals surface area contributed by atoms with E-state index in [2.05, 4.69) is 28.6 Å². The van der Waals surface area contributed by atoms with E-state index in [4.69, 9.17) is 5.73 Å². The number of pyridine rings is 1. The highest BCUT2D eigenvalue weighted by Crippen LogP contribution is 2.35. The number of nitrogens with zero attached hydrogens (tertiary/aromatic N) is 2. The summed E-state index contributed by atoms with van der Waals surface area (Å²) in [6, 6.07) is 15.8. The molecule has 0 spiro atoms. The van der Waals surface area contributed by atoms with Gasteiger partial charge in [0.25, 0.3) is 5.91 Å². The molecule has 3 heterocycles. The Bertz CT molecular complexity index is 1000. The summed E-state index contributed by atoms with van der Waals surface area (Å²) in [7, 11) is 0. The zero-order valence-corrected chi connectivity index (χ0v) is 16.9. The van der Waals surface area contributed by atoms with Crippen LogP contribution in [-0.4, -0.2) is 34.8 Å². The van der Waals surface area contributed by atoms with Gasteiger partial charge in [-0.2, -0.15) is 0 Å². The minimum absolute atomic E-state index is 0.0786. The van der Waals surface area contributed by atoms with Crippen LogP contribution in [0.4, 0.5) is 0 Å². The van der Waals surface area contributed by atoms with Gasteiger partial charge in [0.15, 0.2) is 0 Å². The van der Waals surface area contributed by atoms with Crippen LogP contribution >= 0.6 is 11.3 Å². The molecular weight excluding hydrogens is 382 g/mol. The number of hydrogen-bond donors (Lipinski definition) is 1. The number of primary amides is 1. The number of likely N-dealkylation sites (tertiary alicyclic amines) is 1. The molecule has 148 valence electrons. The smallest absolute Gasteiger partial charge is 0.253 e. The minimum Gasteiger partial charge on any atom is -0.369 e. The first kappa shape index (κ1) is 19.3. The Morgan fingerprint density at radius 3 is 2.69 bits per heavy atom. The second-order valence-corrected chi connectivity index (χ2v) is 8.51. The summed E-state index contributed by atoms with van der Waals surface area (Å²) in [4.78, 5) is 32.4. The summed E-state index contributed by atoms with van der Waals surface area (Å²) < 4.78 is 0. The van der Waals surface area contributed by atoms with Gasteiger partial charge < -0.3 is 10.6 Å². The van der Waals surface area contributed by atoms with E-state index in [0.29, 0.717) is 31.5 Å². The summed E-state index contributed by atoms with van der Waals surface area (Å²) in [5.74, 6) is -0.420. The number of aromatic nitrogens is 1. The van der Waals surface area contributed by atoms with Gasteiger partial charge in [0.2, 0.25) is 5.91 Å². The van der Waals surface area contributed by atoms with Gasteiger partial charge >= 0.3 is 0 Å². The lowest BCUT2D eigenvalue weighted by Crippen LogP contribution is -2.53. The first-order valence-electron chi connectivity index (χ1n) is 9.69. The molecule has 2 amide bonds. The van der Waals surface area contributed by atoms with Crippen molar-refractivity contribution in [1.29, 1.82) is 0 Å². The van der Waals surface area contributed by atoms with Gasteiger partial charge in [-0.1, -0.05) is 30.3 Å². The molecule has 0 bridgehead atoms. The first-order valence-corrected chi connectivity index (χ1v) is 10.6. The molecule has 1 aromatic carbocycles. The summed E-state index contributed by atoms with van der Waals surface area (Å²) in [6.45, 7) is 0.970. The number of nitrogens with two attached hydrogens (primary N) is 1. The highest BCUT2D eigenvalue weighted by Gasteiger charge is 2.42. The Labute approximate surface area is 174 Å². The highest BCUT2D eigenvalue weighted by atomic mass is 32.1. The highest BCUT2D eigenvalue weighted by molar-refractivity contribution is 7.13. The lowest BCUT2D eigenvalue weighted by molar-refractivity contribution is -0.130. The van der Waals surface area contributed by atoms with E-state index in [1.54, 1.807) is 40.8 Å². The minimum atomic E-state index is -0.755. The number of carbonyl (C=O) groups excluding carboxylic acids is 2. The summed E-state index contributed by atoms with van der Waals surface area (Å²) >= 11 is 1.69. The fourth-order valence-corrected chi connectivity index (χ4v) is 4.81. The predicted octanol–water partition coefficient (Wildman–Crippen LogP) is 3.76. The van der Waals surface area contributed by atoms with Gasteiger partial charge in [-0.05, 0) is 54.0 Å². The largest absolute Gasteiger partial charge is 0.369 e. The number of piperidine rings is 1. The van der Waals surface area contributed by atoms with Gasteiger partial charge in [0.05, 0.1) is 5.41 Å². The first-order chi connectivity index (χ1) is 14.1. The SMILES string of the molecule is NC(=O)[C@]1(Cc2cccc(-c3cccs3)c2)CCCN(C(=O)c2ccncc2)C1. The quantitative estimate of drug-likeness (QED) is 0.702. The Hall–Kier alpha value is -2.99. The Balaban J connectivity index is 1.59. The maximum absolute atomic E-state index is 12.9. The van der Waals surface area contributed by atoms with Crippen molar-refractivity contribution in [2.75, 3.05) is 13.1 Å². The van der Waals surface area contributed by atoms with Crippen LogP contribution in [0.2, 0.25) is 0 Å². The lowest BCUT2D eigenvalue weighted by Gasteiger charge is -2.41. The number of rotatable bonds is 5. The van der Waals surface area contributed by atoms with Crippen LogP contribution in [0.5, 0.6) is 0 Å². The fraction of sp³-hybridized carbons (Fsp3) is 0.261. The molecule has 0 saturated carbocycles. The predicted molar refractivity (Wildman–Crippen MR) is 114 cm³/mol. The summed E-state index contributed by atoms with van der Waals surface area (Å²) in [5, 5.41) is 2.05. The van der Waals surface area contributed by atoms with Crippen LogP contribution in [0.3, 0.4) is 0 Å². The van der Waals surface area contributed by atoms with E-state index in [1.165, 1.54) is 4.88 Å². The molecule has 29 heavy (non-hydrogen) atoms. The van der Waals surface area contributed by atoms with E-state index >= 15 is 0 Å². The van der Waals surface area contributed by atoms with Crippen LogP contribution in [0.25, 0.3) is 10.4 Å². The van der Waals surface area contributed by atoms with Gasteiger partial charge in [-0.3, -0.25) is 14.6 Å².